The molecule has 2 amide bonds. The molecule has 230 valence electrons. The second kappa shape index (κ2) is 12.9. The lowest BCUT2D eigenvalue weighted by atomic mass is 9.84. The highest BCUT2D eigenvalue weighted by molar-refractivity contribution is 5.98. The number of nitrogens with one attached hydrogen (secondary N) is 2. The molecule has 2 N–H and O–H groups in total. The van der Waals surface area contributed by atoms with Crippen molar-refractivity contribution in [2.45, 2.75) is 45.7 Å². The first kappa shape index (κ1) is 31.7. The molecule has 0 bridgehead atoms. The SMILES string of the molecule is COC(=O)Nc1cnc(-c2ccccc2)n(CC(=O)N[C@@H](C(=O)c2nnc(C(C)(C)c3cccc(F)c3F)o2)C(C)C)c1=O. The van der Waals surface area contributed by atoms with E-state index in [2.05, 4.69) is 30.6 Å². The van der Waals surface area contributed by atoms with E-state index in [1.54, 1.807) is 44.2 Å². The Morgan fingerprint density at radius 1 is 1.05 bits per heavy atom. The van der Waals surface area contributed by atoms with Crippen LogP contribution in [0.2, 0.25) is 0 Å². The van der Waals surface area contributed by atoms with Gasteiger partial charge in [-0.3, -0.25) is 24.3 Å². The zero-order valence-electron chi connectivity index (χ0n) is 24.6. The minimum Gasteiger partial charge on any atom is -0.453 e. The number of carbonyl (C=O) groups is 3. The minimum absolute atomic E-state index is 0.0500. The zero-order chi connectivity index (χ0) is 32.2. The predicted octanol–water partition coefficient (Wildman–Crippen LogP) is 4.10. The van der Waals surface area contributed by atoms with Crippen molar-refractivity contribution < 1.29 is 32.3 Å². The van der Waals surface area contributed by atoms with Gasteiger partial charge in [-0.1, -0.05) is 56.3 Å². The van der Waals surface area contributed by atoms with E-state index < -0.39 is 64.8 Å². The summed E-state index contributed by atoms with van der Waals surface area (Å²) in [4.78, 5) is 56.1. The summed E-state index contributed by atoms with van der Waals surface area (Å²) in [6.45, 7) is 5.86. The Morgan fingerprint density at radius 3 is 2.41 bits per heavy atom. The molecule has 4 rings (SSSR count). The molecule has 1 atom stereocenters. The molecule has 0 aliphatic carbocycles. The van der Waals surface area contributed by atoms with Crippen molar-refractivity contribution in [3.8, 4) is 11.4 Å². The molecule has 0 unspecified atom stereocenters. The van der Waals surface area contributed by atoms with Crippen molar-refractivity contribution in [1.82, 2.24) is 25.1 Å². The Labute approximate surface area is 250 Å². The lowest BCUT2D eigenvalue weighted by molar-refractivity contribution is -0.122. The maximum atomic E-state index is 14.5. The van der Waals surface area contributed by atoms with E-state index in [0.717, 1.165) is 23.9 Å². The fraction of sp³-hybridized carbons (Fsp3) is 0.300. The Kier molecular flexibility index (Phi) is 9.31. The van der Waals surface area contributed by atoms with E-state index in [9.17, 15) is 28.0 Å². The number of Topliss-reactive ketones (excluding diaryl/α,β-unsaturated/α-hetero) is 1. The number of benzene rings is 2. The van der Waals surface area contributed by atoms with Gasteiger partial charge in [0.25, 0.3) is 11.4 Å². The van der Waals surface area contributed by atoms with E-state index in [-0.39, 0.29) is 23.0 Å². The number of aromatic nitrogens is 4. The zero-order valence-corrected chi connectivity index (χ0v) is 24.6. The van der Waals surface area contributed by atoms with E-state index in [4.69, 9.17) is 4.42 Å². The van der Waals surface area contributed by atoms with E-state index in [1.807, 2.05) is 0 Å². The number of carbonyl (C=O) groups excluding carboxylic acids is 3. The first-order valence-corrected chi connectivity index (χ1v) is 13.5. The number of hydrogen-bond donors (Lipinski definition) is 2. The molecular formula is C30H30F2N6O6. The standard InChI is InChI=1S/C30H30F2N6O6/c1-16(2)23(24(40)26-36-37-28(44-26)30(3,4)18-12-9-13-19(31)22(18)32)35-21(39)15-38-25(17-10-7-6-8-11-17)33-14-20(27(38)41)34-29(42)43-5/h6-14,16,23H,15H2,1-5H3,(H,34,42)(H,35,39)/t23-/m1/s1. The number of ether oxygens (including phenoxy) is 1. The van der Waals surface area contributed by atoms with Crippen LogP contribution in [0.25, 0.3) is 11.4 Å². The van der Waals surface area contributed by atoms with E-state index in [0.29, 0.717) is 5.56 Å². The summed E-state index contributed by atoms with van der Waals surface area (Å²) in [5.41, 5.74) is -1.78. The summed E-state index contributed by atoms with van der Waals surface area (Å²) >= 11 is 0. The van der Waals surface area contributed by atoms with Gasteiger partial charge in [-0.05, 0) is 25.8 Å². The van der Waals surface area contributed by atoms with Crippen LogP contribution >= 0.6 is 0 Å². The van der Waals surface area contributed by atoms with Crippen molar-refractivity contribution in [3.63, 3.8) is 0 Å². The molecule has 14 heteroatoms. The maximum Gasteiger partial charge on any atom is 0.411 e. The summed E-state index contributed by atoms with van der Waals surface area (Å²) in [6, 6.07) is 11.1. The number of ketones is 1. The van der Waals surface area contributed by atoms with Gasteiger partial charge in [0.1, 0.15) is 18.1 Å². The fourth-order valence-electron chi connectivity index (χ4n) is 4.41. The molecule has 12 nitrogen and oxygen atoms in total. The van der Waals surface area contributed by atoms with Gasteiger partial charge in [-0.25, -0.2) is 18.6 Å². The molecule has 0 saturated heterocycles. The number of halogens is 2. The third-order valence-electron chi connectivity index (χ3n) is 6.86. The Balaban J connectivity index is 1.61. The molecule has 0 spiro atoms. The van der Waals surface area contributed by atoms with Crippen molar-refractivity contribution in [2.24, 2.45) is 5.92 Å². The van der Waals surface area contributed by atoms with Crippen LogP contribution in [0.15, 0.2) is 63.9 Å². The summed E-state index contributed by atoms with van der Waals surface area (Å²) in [6.07, 6.45) is 0.251. The quantitative estimate of drug-likeness (QED) is 0.253. The summed E-state index contributed by atoms with van der Waals surface area (Å²) in [7, 11) is 1.13. The Morgan fingerprint density at radius 2 is 1.75 bits per heavy atom. The molecule has 4 aromatic rings. The number of rotatable bonds is 10. The largest absolute Gasteiger partial charge is 0.453 e. The highest BCUT2D eigenvalue weighted by Crippen LogP contribution is 2.33. The molecule has 2 aromatic heterocycles. The molecule has 0 radical (unpaired) electrons. The molecule has 0 saturated carbocycles. The van der Waals surface area contributed by atoms with Gasteiger partial charge in [0, 0.05) is 11.1 Å². The topological polar surface area (TPSA) is 158 Å². The van der Waals surface area contributed by atoms with Crippen LogP contribution in [0.5, 0.6) is 0 Å². The third kappa shape index (κ3) is 6.53. The number of anilines is 1. The maximum absolute atomic E-state index is 14.5. The molecule has 0 aliphatic heterocycles. The second-order valence-electron chi connectivity index (χ2n) is 10.7. The monoisotopic (exact) mass is 608 g/mol. The van der Waals surface area contributed by atoms with Crippen molar-refractivity contribution >= 4 is 23.5 Å². The molecule has 2 heterocycles. The van der Waals surface area contributed by atoms with Crippen LogP contribution in [0.3, 0.4) is 0 Å². The van der Waals surface area contributed by atoms with Gasteiger partial charge < -0.3 is 14.5 Å². The van der Waals surface area contributed by atoms with Crippen molar-refractivity contribution in [1.29, 1.82) is 0 Å². The van der Waals surface area contributed by atoms with Crippen LogP contribution in [0.4, 0.5) is 19.3 Å². The minimum atomic E-state index is -1.29. The van der Waals surface area contributed by atoms with E-state index in [1.165, 1.54) is 26.0 Å². The molecule has 2 aromatic carbocycles. The van der Waals surface area contributed by atoms with E-state index >= 15 is 0 Å². The molecule has 0 aliphatic rings. The first-order valence-electron chi connectivity index (χ1n) is 13.5. The second-order valence-corrected chi connectivity index (χ2v) is 10.7. The van der Waals surface area contributed by atoms with Gasteiger partial charge in [0.15, 0.2) is 11.6 Å². The predicted molar refractivity (Wildman–Crippen MR) is 154 cm³/mol. The first-order chi connectivity index (χ1) is 20.8. The van der Waals surface area contributed by atoms with Crippen LogP contribution in [-0.2, 0) is 21.5 Å². The van der Waals surface area contributed by atoms with Crippen LogP contribution in [0.1, 0.15) is 49.8 Å². The summed E-state index contributed by atoms with van der Waals surface area (Å²) < 4.78 is 39.7. The van der Waals surface area contributed by atoms with Crippen LogP contribution < -0.4 is 16.2 Å². The van der Waals surface area contributed by atoms with Gasteiger partial charge >= 0.3 is 6.09 Å². The van der Waals surface area contributed by atoms with Crippen LogP contribution in [0, 0.1) is 17.6 Å². The number of methoxy groups -OCH3 is 1. The highest BCUT2D eigenvalue weighted by atomic mass is 19.2. The Hall–Kier alpha value is -5.27. The number of hydrogen-bond acceptors (Lipinski definition) is 9. The van der Waals surface area contributed by atoms with Gasteiger partial charge in [-0.2, -0.15) is 0 Å². The fourth-order valence-corrected chi connectivity index (χ4v) is 4.41. The third-order valence-corrected chi connectivity index (χ3v) is 6.86. The lowest BCUT2D eigenvalue weighted by Crippen LogP contribution is -2.46. The average Bonchev–Trinajstić information content (AvgIpc) is 3.51. The highest BCUT2D eigenvalue weighted by Gasteiger charge is 2.36. The van der Waals surface area contributed by atoms with Crippen LogP contribution in [-0.4, -0.2) is 50.7 Å². The Bertz CT molecular complexity index is 1750. The molecule has 44 heavy (non-hydrogen) atoms. The molecular weight excluding hydrogens is 578 g/mol. The van der Waals surface area contributed by atoms with Gasteiger partial charge in [-0.15, -0.1) is 10.2 Å². The number of amides is 2. The summed E-state index contributed by atoms with van der Waals surface area (Å²) in [5, 5.41) is 12.6. The smallest absolute Gasteiger partial charge is 0.411 e. The lowest BCUT2D eigenvalue weighted by Gasteiger charge is -2.22. The average molecular weight is 609 g/mol. The summed E-state index contributed by atoms with van der Waals surface area (Å²) in [5.74, 6) is -4.50. The normalized spacial score (nSPS) is 12.1. The van der Waals surface area contributed by atoms with Crippen molar-refractivity contribution in [2.75, 3.05) is 12.4 Å². The van der Waals surface area contributed by atoms with Gasteiger partial charge in [0.05, 0.1) is 24.8 Å². The number of nitrogens with zero attached hydrogens (tertiary/aromatic N) is 4. The van der Waals surface area contributed by atoms with Crippen molar-refractivity contribution in [3.05, 3.63) is 94.1 Å². The van der Waals surface area contributed by atoms with Gasteiger partial charge in [0.2, 0.25) is 17.6 Å². The molecule has 0 fully saturated rings.